The molecule has 32 heavy (non-hydrogen) atoms. The minimum atomic E-state index is -0.267. The van der Waals surface area contributed by atoms with E-state index in [4.69, 9.17) is 0 Å². The van der Waals surface area contributed by atoms with Crippen LogP contribution in [0.1, 0.15) is 19.8 Å². The highest BCUT2D eigenvalue weighted by Crippen LogP contribution is 2.28. The fourth-order valence-electron chi connectivity index (χ4n) is 4.18. The van der Waals surface area contributed by atoms with Crippen LogP contribution in [0.5, 0.6) is 0 Å². The molecular formula is C27H29N3O2. The van der Waals surface area contributed by atoms with Crippen molar-refractivity contribution in [3.05, 3.63) is 84.9 Å². The van der Waals surface area contributed by atoms with Gasteiger partial charge in [0.2, 0.25) is 11.8 Å². The molecule has 2 N–H and O–H groups in total. The van der Waals surface area contributed by atoms with E-state index in [0.29, 0.717) is 0 Å². The molecule has 1 fully saturated rings. The number of likely N-dealkylation sites (tertiary alicyclic amines) is 1. The first-order valence-electron chi connectivity index (χ1n) is 11.2. The Morgan fingerprint density at radius 2 is 1.41 bits per heavy atom. The molecule has 1 atom stereocenters. The number of hydrogen-bond donors (Lipinski definition) is 2. The topological polar surface area (TPSA) is 61.4 Å². The van der Waals surface area contributed by atoms with Gasteiger partial charge in [0.15, 0.2) is 0 Å². The highest BCUT2D eigenvalue weighted by molar-refractivity contribution is 5.98. The molecular weight excluding hydrogens is 398 g/mol. The number of benzene rings is 3. The highest BCUT2D eigenvalue weighted by Gasteiger charge is 2.30. The van der Waals surface area contributed by atoms with E-state index in [1.165, 1.54) is 0 Å². The predicted octanol–water partition coefficient (Wildman–Crippen LogP) is 5.03. The summed E-state index contributed by atoms with van der Waals surface area (Å²) in [5, 5.41) is 6.11. The summed E-state index contributed by atoms with van der Waals surface area (Å²) in [5.74, 6) is 0.00540. The second kappa shape index (κ2) is 10.2. The van der Waals surface area contributed by atoms with Gasteiger partial charge >= 0.3 is 0 Å². The first-order valence-corrected chi connectivity index (χ1v) is 11.2. The van der Waals surface area contributed by atoms with Gasteiger partial charge in [-0.05, 0) is 56.6 Å². The number of piperidine rings is 1. The second-order valence-electron chi connectivity index (χ2n) is 8.24. The molecule has 1 aliphatic heterocycles. The molecule has 0 spiro atoms. The van der Waals surface area contributed by atoms with E-state index in [-0.39, 0.29) is 23.8 Å². The fraction of sp³-hybridized carbons (Fsp3) is 0.259. The number of rotatable bonds is 6. The molecule has 0 saturated carbocycles. The van der Waals surface area contributed by atoms with Crippen LogP contribution < -0.4 is 10.6 Å². The molecule has 0 radical (unpaired) electrons. The molecule has 1 aliphatic rings. The molecule has 0 aromatic heterocycles. The minimum Gasteiger partial charge on any atom is -0.326 e. The smallest absolute Gasteiger partial charge is 0.241 e. The van der Waals surface area contributed by atoms with Crippen molar-refractivity contribution in [1.82, 2.24) is 4.90 Å². The SMILES string of the molecule is C[C@H](C(=O)Nc1ccccc1-c1ccccc1)N1CCC(C(=O)Nc2ccccc2)CC1. The van der Waals surface area contributed by atoms with Crippen molar-refractivity contribution in [3.63, 3.8) is 0 Å². The van der Waals surface area contributed by atoms with Crippen molar-refractivity contribution < 1.29 is 9.59 Å². The van der Waals surface area contributed by atoms with Crippen LogP contribution in [0.3, 0.4) is 0 Å². The molecule has 164 valence electrons. The van der Waals surface area contributed by atoms with Gasteiger partial charge in [0.05, 0.1) is 6.04 Å². The van der Waals surface area contributed by atoms with E-state index in [0.717, 1.165) is 48.4 Å². The quantitative estimate of drug-likeness (QED) is 0.580. The third-order valence-electron chi connectivity index (χ3n) is 6.14. The van der Waals surface area contributed by atoms with Crippen molar-refractivity contribution >= 4 is 23.2 Å². The maximum Gasteiger partial charge on any atom is 0.241 e. The van der Waals surface area contributed by atoms with E-state index in [9.17, 15) is 9.59 Å². The fourth-order valence-corrected chi connectivity index (χ4v) is 4.18. The van der Waals surface area contributed by atoms with Crippen LogP contribution in [0.25, 0.3) is 11.1 Å². The van der Waals surface area contributed by atoms with Crippen molar-refractivity contribution in [2.45, 2.75) is 25.8 Å². The lowest BCUT2D eigenvalue weighted by Crippen LogP contribution is -2.47. The Morgan fingerprint density at radius 1 is 0.812 bits per heavy atom. The summed E-state index contributed by atoms with van der Waals surface area (Å²) in [6.07, 6.45) is 1.49. The van der Waals surface area contributed by atoms with Crippen LogP contribution in [0.15, 0.2) is 84.9 Å². The molecule has 5 heteroatoms. The van der Waals surface area contributed by atoms with Crippen molar-refractivity contribution in [3.8, 4) is 11.1 Å². The average Bonchev–Trinajstić information content (AvgIpc) is 2.85. The monoisotopic (exact) mass is 427 g/mol. The standard InChI is InChI=1S/C27H29N3O2/c1-20(26(31)29-25-15-9-8-14-24(25)21-10-4-2-5-11-21)30-18-16-22(17-19-30)27(32)28-23-12-6-3-7-13-23/h2-15,20,22H,16-19H2,1H3,(H,28,32)(H,29,31)/t20-/m1/s1. The number of anilines is 2. The van der Waals surface area contributed by atoms with Crippen LogP contribution in [0.2, 0.25) is 0 Å². The molecule has 0 bridgehead atoms. The molecule has 1 saturated heterocycles. The van der Waals surface area contributed by atoms with Crippen LogP contribution in [-0.2, 0) is 9.59 Å². The van der Waals surface area contributed by atoms with Gasteiger partial charge in [-0.15, -0.1) is 0 Å². The van der Waals surface area contributed by atoms with Crippen LogP contribution >= 0.6 is 0 Å². The summed E-state index contributed by atoms with van der Waals surface area (Å²) in [5.41, 5.74) is 3.71. The first-order chi connectivity index (χ1) is 15.6. The van der Waals surface area contributed by atoms with Gasteiger partial charge in [-0.2, -0.15) is 0 Å². The van der Waals surface area contributed by atoms with Gasteiger partial charge in [0.1, 0.15) is 0 Å². The van der Waals surface area contributed by atoms with E-state index >= 15 is 0 Å². The Kier molecular flexibility index (Phi) is 6.97. The van der Waals surface area contributed by atoms with Gasteiger partial charge in [-0.25, -0.2) is 0 Å². The number of amides is 2. The number of nitrogens with zero attached hydrogens (tertiary/aromatic N) is 1. The number of carbonyl (C=O) groups excluding carboxylic acids is 2. The second-order valence-corrected chi connectivity index (χ2v) is 8.24. The zero-order valence-corrected chi connectivity index (χ0v) is 18.3. The zero-order chi connectivity index (χ0) is 22.3. The highest BCUT2D eigenvalue weighted by atomic mass is 16.2. The van der Waals surface area contributed by atoms with Gasteiger partial charge < -0.3 is 10.6 Å². The molecule has 3 aromatic carbocycles. The van der Waals surface area contributed by atoms with Crippen LogP contribution in [-0.4, -0.2) is 35.8 Å². The van der Waals surface area contributed by atoms with Gasteiger partial charge in [-0.3, -0.25) is 14.5 Å². The molecule has 1 heterocycles. The number of hydrogen-bond acceptors (Lipinski definition) is 3. The Bertz CT molecular complexity index is 1040. The first kappa shape index (κ1) is 21.8. The summed E-state index contributed by atoms with van der Waals surface area (Å²) >= 11 is 0. The third-order valence-corrected chi connectivity index (χ3v) is 6.14. The number of nitrogens with one attached hydrogen (secondary N) is 2. The molecule has 0 unspecified atom stereocenters. The molecule has 3 aromatic rings. The van der Waals surface area contributed by atoms with Crippen LogP contribution in [0, 0.1) is 5.92 Å². The predicted molar refractivity (Wildman–Crippen MR) is 129 cm³/mol. The Labute approximate surface area is 189 Å². The van der Waals surface area contributed by atoms with Crippen molar-refractivity contribution in [2.75, 3.05) is 23.7 Å². The Morgan fingerprint density at radius 3 is 2.09 bits per heavy atom. The summed E-state index contributed by atoms with van der Waals surface area (Å²) in [6, 6.07) is 27.2. The zero-order valence-electron chi connectivity index (χ0n) is 18.3. The maximum absolute atomic E-state index is 13.0. The Hall–Kier alpha value is -3.44. The third kappa shape index (κ3) is 5.24. The van der Waals surface area contributed by atoms with Gasteiger partial charge in [-0.1, -0.05) is 66.7 Å². The Balaban J connectivity index is 1.33. The van der Waals surface area contributed by atoms with E-state index in [2.05, 4.69) is 15.5 Å². The van der Waals surface area contributed by atoms with Gasteiger partial charge in [0, 0.05) is 22.9 Å². The van der Waals surface area contributed by atoms with E-state index < -0.39 is 0 Å². The summed E-state index contributed by atoms with van der Waals surface area (Å²) in [7, 11) is 0. The molecule has 4 rings (SSSR count). The minimum absolute atomic E-state index is 0.0273. The average molecular weight is 428 g/mol. The summed E-state index contributed by atoms with van der Waals surface area (Å²) in [6.45, 7) is 3.38. The van der Waals surface area contributed by atoms with E-state index in [1.54, 1.807) is 0 Å². The van der Waals surface area contributed by atoms with Gasteiger partial charge in [0.25, 0.3) is 0 Å². The number of para-hydroxylation sites is 2. The van der Waals surface area contributed by atoms with Crippen molar-refractivity contribution in [1.29, 1.82) is 0 Å². The lowest BCUT2D eigenvalue weighted by molar-refractivity contribution is -0.123. The largest absolute Gasteiger partial charge is 0.326 e. The number of carbonyl (C=O) groups is 2. The molecule has 2 amide bonds. The molecule has 5 nitrogen and oxygen atoms in total. The maximum atomic E-state index is 13.0. The lowest BCUT2D eigenvalue weighted by Gasteiger charge is -2.34. The summed E-state index contributed by atoms with van der Waals surface area (Å²) < 4.78 is 0. The summed E-state index contributed by atoms with van der Waals surface area (Å²) in [4.78, 5) is 27.8. The van der Waals surface area contributed by atoms with Crippen LogP contribution in [0.4, 0.5) is 11.4 Å². The lowest BCUT2D eigenvalue weighted by atomic mass is 9.94. The van der Waals surface area contributed by atoms with E-state index in [1.807, 2.05) is 91.9 Å². The normalized spacial score (nSPS) is 15.7. The molecule has 0 aliphatic carbocycles. The van der Waals surface area contributed by atoms with Crippen molar-refractivity contribution in [2.24, 2.45) is 5.92 Å².